The van der Waals surface area contributed by atoms with Gasteiger partial charge in [-0.25, -0.2) is 9.13 Å². The molecule has 0 amide bonds. The van der Waals surface area contributed by atoms with E-state index in [0.29, 0.717) is 12.8 Å². The van der Waals surface area contributed by atoms with Crippen LogP contribution in [-0.2, 0) is 22.7 Å². The second kappa shape index (κ2) is 6.73. The molecule has 0 saturated carbocycles. The molecule has 0 aliphatic heterocycles. The minimum atomic E-state index is -4.42. The van der Waals surface area contributed by atoms with E-state index in [1.807, 2.05) is 0 Å². The van der Waals surface area contributed by atoms with Gasteiger partial charge in [0.2, 0.25) is 0 Å². The van der Waals surface area contributed by atoms with Gasteiger partial charge in [0.15, 0.2) is 0 Å². The zero-order chi connectivity index (χ0) is 11.9. The highest BCUT2D eigenvalue weighted by molar-refractivity contribution is 7.47. The molecule has 15 heavy (non-hydrogen) atoms. The summed E-state index contributed by atoms with van der Waals surface area (Å²) in [6, 6.07) is 0. The van der Waals surface area contributed by atoms with Crippen LogP contribution in [0.5, 0.6) is 0 Å². The molecule has 0 radical (unpaired) electrons. The Morgan fingerprint density at radius 1 is 1.00 bits per heavy atom. The number of phosphoric acid groups is 2. The van der Waals surface area contributed by atoms with Crippen molar-refractivity contribution in [2.24, 2.45) is 0 Å². The van der Waals surface area contributed by atoms with Crippen LogP contribution >= 0.6 is 15.6 Å². The summed E-state index contributed by atoms with van der Waals surface area (Å²) in [5.74, 6) is 0. The average molecular weight is 264 g/mol. The second-order valence-electron chi connectivity index (χ2n) is 2.52. The smallest absolute Gasteiger partial charge is 0.303 e. The lowest BCUT2D eigenvalue weighted by Crippen LogP contribution is -1.98. The van der Waals surface area contributed by atoms with Crippen molar-refractivity contribution in [1.29, 1.82) is 0 Å². The van der Waals surface area contributed by atoms with Crippen LogP contribution in [0.3, 0.4) is 0 Å². The number of hydrogen-bond donors (Lipinski definition) is 3. The topological polar surface area (TPSA) is 123 Å². The molecule has 0 saturated heterocycles. The molecule has 0 aromatic heterocycles. The first-order valence-corrected chi connectivity index (χ1v) is 7.02. The fourth-order valence-electron chi connectivity index (χ4n) is 0.620. The van der Waals surface area contributed by atoms with Gasteiger partial charge in [0, 0.05) is 7.11 Å². The monoisotopic (exact) mass is 264 g/mol. The van der Waals surface area contributed by atoms with Gasteiger partial charge in [-0.3, -0.25) is 13.6 Å². The number of unbranched alkanes of at least 4 members (excludes halogenated alkanes) is 1. The van der Waals surface area contributed by atoms with Crippen molar-refractivity contribution in [3.05, 3.63) is 0 Å². The van der Waals surface area contributed by atoms with E-state index in [2.05, 4.69) is 13.6 Å². The van der Waals surface area contributed by atoms with Gasteiger partial charge in [-0.15, -0.1) is 0 Å². The molecule has 0 fully saturated rings. The lowest BCUT2D eigenvalue weighted by molar-refractivity contribution is 0.159. The van der Waals surface area contributed by atoms with Gasteiger partial charge in [-0.2, -0.15) is 0 Å². The van der Waals surface area contributed by atoms with Crippen molar-refractivity contribution >= 4 is 15.6 Å². The third-order valence-corrected chi connectivity index (χ3v) is 2.77. The summed E-state index contributed by atoms with van der Waals surface area (Å²) in [7, 11) is -7.33. The Morgan fingerprint density at radius 2 is 1.47 bits per heavy atom. The Labute approximate surface area is 87.0 Å². The van der Waals surface area contributed by atoms with Gasteiger partial charge in [0.1, 0.15) is 0 Å². The molecular formula is C5H14O8P2. The van der Waals surface area contributed by atoms with Gasteiger partial charge < -0.3 is 14.7 Å². The van der Waals surface area contributed by atoms with Crippen LogP contribution < -0.4 is 0 Å². The first-order valence-electron chi connectivity index (χ1n) is 4.00. The molecule has 0 aliphatic carbocycles. The Bertz CT molecular complexity index is 260. The Balaban J connectivity index is 3.41. The van der Waals surface area contributed by atoms with Crippen LogP contribution in [0.1, 0.15) is 12.8 Å². The Hall–Kier alpha value is 0.220. The van der Waals surface area contributed by atoms with Crippen LogP contribution in [0, 0.1) is 0 Å². The molecular weight excluding hydrogens is 250 g/mol. The third kappa shape index (κ3) is 10.5. The number of hydrogen-bond acceptors (Lipinski definition) is 5. The van der Waals surface area contributed by atoms with E-state index in [4.69, 9.17) is 14.7 Å². The fourth-order valence-corrected chi connectivity index (χ4v) is 1.45. The van der Waals surface area contributed by atoms with Crippen molar-refractivity contribution in [2.45, 2.75) is 12.8 Å². The molecule has 0 aromatic rings. The summed E-state index contributed by atoms with van der Waals surface area (Å²) in [5.41, 5.74) is 0. The van der Waals surface area contributed by atoms with Crippen molar-refractivity contribution in [3.63, 3.8) is 0 Å². The number of rotatable bonds is 8. The first kappa shape index (κ1) is 15.2. The van der Waals surface area contributed by atoms with Gasteiger partial charge in [0.25, 0.3) is 0 Å². The Morgan fingerprint density at radius 3 is 1.87 bits per heavy atom. The zero-order valence-electron chi connectivity index (χ0n) is 8.11. The highest BCUT2D eigenvalue weighted by atomic mass is 31.2. The van der Waals surface area contributed by atoms with E-state index in [9.17, 15) is 9.13 Å². The lowest BCUT2D eigenvalue weighted by atomic mass is 10.3. The molecule has 0 spiro atoms. The molecule has 0 rings (SSSR count). The van der Waals surface area contributed by atoms with E-state index in [1.54, 1.807) is 0 Å². The van der Waals surface area contributed by atoms with E-state index < -0.39 is 15.6 Å². The minimum Gasteiger partial charge on any atom is -0.303 e. The highest BCUT2D eigenvalue weighted by Gasteiger charge is 2.17. The molecule has 0 bridgehead atoms. The van der Waals surface area contributed by atoms with E-state index in [-0.39, 0.29) is 13.2 Å². The van der Waals surface area contributed by atoms with Crippen LogP contribution in [0.4, 0.5) is 0 Å². The molecule has 3 N–H and O–H groups in total. The standard InChI is InChI=1S/C5H14O8P2/c1-11-15(9,10)13-5-3-2-4-12-14(6,7)8/h2-5H2,1H3,(H,9,10)(H2,6,7,8). The van der Waals surface area contributed by atoms with Crippen LogP contribution in [-0.4, -0.2) is 35.0 Å². The van der Waals surface area contributed by atoms with Crippen LogP contribution in [0.15, 0.2) is 0 Å². The summed E-state index contributed by atoms with van der Waals surface area (Å²) >= 11 is 0. The maximum Gasteiger partial charge on any atom is 0.471 e. The normalized spacial score (nSPS) is 16.3. The molecule has 1 unspecified atom stereocenters. The van der Waals surface area contributed by atoms with Crippen LogP contribution in [0.2, 0.25) is 0 Å². The zero-order valence-corrected chi connectivity index (χ0v) is 9.89. The molecule has 0 heterocycles. The largest absolute Gasteiger partial charge is 0.471 e. The maximum atomic E-state index is 10.7. The van der Waals surface area contributed by atoms with Gasteiger partial charge in [0.05, 0.1) is 13.2 Å². The fraction of sp³-hybridized carbons (Fsp3) is 1.00. The molecule has 1 atom stereocenters. The summed E-state index contributed by atoms with van der Waals surface area (Å²) in [4.78, 5) is 25.4. The summed E-state index contributed by atoms with van der Waals surface area (Å²) in [5, 5.41) is 0. The molecule has 0 aliphatic rings. The Kier molecular flexibility index (Phi) is 6.83. The van der Waals surface area contributed by atoms with E-state index in [1.165, 1.54) is 0 Å². The summed E-state index contributed by atoms with van der Waals surface area (Å²) in [6.45, 7) is -0.192. The minimum absolute atomic E-state index is 0.0495. The highest BCUT2D eigenvalue weighted by Crippen LogP contribution is 2.42. The van der Waals surface area contributed by atoms with Crippen molar-refractivity contribution in [3.8, 4) is 0 Å². The molecule has 8 nitrogen and oxygen atoms in total. The van der Waals surface area contributed by atoms with Crippen molar-refractivity contribution < 1.29 is 37.4 Å². The van der Waals surface area contributed by atoms with Crippen molar-refractivity contribution in [2.75, 3.05) is 20.3 Å². The third-order valence-electron chi connectivity index (χ3n) is 1.28. The summed E-state index contributed by atoms with van der Waals surface area (Å²) < 4.78 is 33.7. The molecule has 92 valence electrons. The maximum absolute atomic E-state index is 10.7. The van der Waals surface area contributed by atoms with Crippen LogP contribution in [0.25, 0.3) is 0 Å². The SMILES string of the molecule is COP(=O)(O)OCCCCOP(=O)(O)O. The summed E-state index contributed by atoms with van der Waals surface area (Å²) in [6.07, 6.45) is 0.628. The van der Waals surface area contributed by atoms with E-state index >= 15 is 0 Å². The first-order chi connectivity index (χ1) is 6.77. The van der Waals surface area contributed by atoms with Crippen molar-refractivity contribution in [1.82, 2.24) is 0 Å². The van der Waals surface area contributed by atoms with Gasteiger partial charge >= 0.3 is 15.6 Å². The number of phosphoric ester groups is 2. The average Bonchev–Trinajstić information content (AvgIpc) is 2.09. The van der Waals surface area contributed by atoms with Gasteiger partial charge in [-0.1, -0.05) is 0 Å². The second-order valence-corrected chi connectivity index (χ2v) is 5.32. The molecule has 0 aromatic carbocycles. The lowest BCUT2D eigenvalue weighted by Gasteiger charge is -2.08. The predicted octanol–water partition coefficient (Wildman–Crippen LogP) is 0.639. The van der Waals surface area contributed by atoms with Gasteiger partial charge in [-0.05, 0) is 12.8 Å². The predicted molar refractivity (Wildman–Crippen MR) is 50.0 cm³/mol. The quantitative estimate of drug-likeness (QED) is 0.431. The molecule has 10 heteroatoms. The van der Waals surface area contributed by atoms with E-state index in [0.717, 1.165) is 7.11 Å².